The molecule has 1 amide bonds. The van der Waals surface area contributed by atoms with Gasteiger partial charge in [0.05, 0.1) is 18.2 Å². The van der Waals surface area contributed by atoms with Crippen LogP contribution in [0.5, 0.6) is 11.5 Å². The van der Waals surface area contributed by atoms with Gasteiger partial charge in [0, 0.05) is 18.3 Å². The highest BCUT2D eigenvalue weighted by atomic mass is 19.4. The number of rotatable bonds is 4. The first-order chi connectivity index (χ1) is 17.0. The van der Waals surface area contributed by atoms with Gasteiger partial charge < -0.3 is 24.9 Å². The van der Waals surface area contributed by atoms with Crippen LogP contribution in [0.15, 0.2) is 48.7 Å². The van der Waals surface area contributed by atoms with Crippen molar-refractivity contribution in [3.8, 4) is 11.5 Å². The lowest BCUT2D eigenvalue weighted by Gasteiger charge is -2.25. The van der Waals surface area contributed by atoms with Gasteiger partial charge in [0.25, 0.3) is 5.91 Å². The monoisotopic (exact) mass is 511 g/mol. The van der Waals surface area contributed by atoms with Crippen LogP contribution in [0.25, 0.3) is 0 Å². The number of nitrogens with zero attached hydrogens (tertiary/aromatic N) is 1. The van der Waals surface area contributed by atoms with E-state index in [0.717, 1.165) is 12.1 Å². The minimum Gasteiger partial charge on any atom is -0.491 e. The molecule has 1 aliphatic rings. The highest BCUT2D eigenvalue weighted by Crippen LogP contribution is 2.30. The number of aromatic carboxylic acids is 1. The van der Waals surface area contributed by atoms with Crippen LogP contribution >= 0.6 is 0 Å². The van der Waals surface area contributed by atoms with E-state index in [2.05, 4.69) is 20.0 Å². The van der Waals surface area contributed by atoms with Gasteiger partial charge in [-0.05, 0) is 37.3 Å². The number of aromatic nitrogens is 2. The largest absolute Gasteiger partial charge is 0.573 e. The highest BCUT2D eigenvalue weighted by molar-refractivity contribution is 5.97. The second-order valence-corrected chi connectivity index (χ2v) is 7.06. The number of hydrogen-bond donors (Lipinski definition) is 3. The van der Waals surface area contributed by atoms with Crippen LogP contribution in [0.2, 0.25) is 0 Å². The van der Waals surface area contributed by atoms with E-state index in [1.54, 1.807) is 19.2 Å². The van der Waals surface area contributed by atoms with E-state index < -0.39 is 23.9 Å². The third kappa shape index (κ3) is 7.72. The average molecular weight is 511 g/mol. The first-order valence-electron chi connectivity index (χ1n) is 10.9. The Morgan fingerprint density at radius 2 is 1.89 bits per heavy atom. The van der Waals surface area contributed by atoms with E-state index in [1.165, 1.54) is 18.2 Å². The maximum Gasteiger partial charge on any atom is 0.573 e. The number of para-hydroxylation sites is 1. The van der Waals surface area contributed by atoms with E-state index in [-0.39, 0.29) is 23.2 Å². The van der Waals surface area contributed by atoms with Gasteiger partial charge in [0.1, 0.15) is 17.1 Å². The van der Waals surface area contributed by atoms with Gasteiger partial charge in [-0.2, -0.15) is 0 Å². The fourth-order valence-electron chi connectivity index (χ4n) is 3.14. The van der Waals surface area contributed by atoms with E-state index in [1.807, 2.05) is 19.9 Å². The van der Waals surface area contributed by atoms with E-state index in [9.17, 15) is 27.2 Å². The van der Waals surface area contributed by atoms with Crippen molar-refractivity contribution in [2.75, 3.05) is 6.61 Å². The number of aromatic amines is 1. The van der Waals surface area contributed by atoms with Crippen molar-refractivity contribution in [3.63, 3.8) is 0 Å². The summed E-state index contributed by atoms with van der Waals surface area (Å²) in [6, 6.07) is 8.99. The smallest absolute Gasteiger partial charge is 0.491 e. The van der Waals surface area contributed by atoms with E-state index >= 15 is 0 Å². The van der Waals surface area contributed by atoms with E-state index in [4.69, 9.17) is 9.84 Å². The quantitative estimate of drug-likeness (QED) is 0.403. The zero-order valence-electron chi connectivity index (χ0n) is 19.6. The van der Waals surface area contributed by atoms with Crippen molar-refractivity contribution in [1.82, 2.24) is 15.3 Å². The Labute approximate surface area is 204 Å². The van der Waals surface area contributed by atoms with Gasteiger partial charge in [-0.25, -0.2) is 9.18 Å². The lowest BCUT2D eigenvalue weighted by atomic mass is 10.1. The van der Waals surface area contributed by atoms with Gasteiger partial charge in [-0.3, -0.25) is 9.78 Å². The number of alkyl halides is 3. The Morgan fingerprint density at radius 1 is 1.19 bits per heavy atom. The number of carbonyl (C=O) groups is 2. The molecule has 1 atom stereocenters. The zero-order chi connectivity index (χ0) is 26.9. The summed E-state index contributed by atoms with van der Waals surface area (Å²) in [7, 11) is 0. The molecule has 2 aromatic heterocycles. The topological polar surface area (TPSA) is 114 Å². The zero-order valence-corrected chi connectivity index (χ0v) is 19.6. The van der Waals surface area contributed by atoms with Crippen LogP contribution < -0.4 is 14.8 Å². The molecule has 3 aromatic rings. The van der Waals surface area contributed by atoms with Crippen LogP contribution in [-0.2, 0) is 0 Å². The summed E-state index contributed by atoms with van der Waals surface area (Å²) in [5, 5.41) is 11.9. The molecule has 36 heavy (non-hydrogen) atoms. The number of halogens is 4. The van der Waals surface area contributed by atoms with Gasteiger partial charge in [-0.15, -0.1) is 13.2 Å². The van der Waals surface area contributed by atoms with Gasteiger partial charge >= 0.3 is 12.3 Å². The number of benzene rings is 1. The van der Waals surface area contributed by atoms with Crippen LogP contribution in [0.1, 0.15) is 58.5 Å². The van der Waals surface area contributed by atoms with Crippen molar-refractivity contribution in [2.24, 2.45) is 0 Å². The third-order valence-corrected chi connectivity index (χ3v) is 4.65. The number of fused-ring (bicyclic) bond motifs is 1. The molecule has 1 aromatic carbocycles. The SMILES string of the molecule is CC.Cc1[nH]c(C(=O)NC2CCOc3cccnc32)cc1C(=O)O.Fc1ccccc1OC(F)(F)F. The molecule has 3 heterocycles. The lowest BCUT2D eigenvalue weighted by Crippen LogP contribution is -2.33. The molecule has 1 unspecified atom stereocenters. The summed E-state index contributed by atoms with van der Waals surface area (Å²) in [4.78, 5) is 30.4. The Hall–Kier alpha value is -4.09. The Kier molecular flexibility index (Phi) is 9.83. The molecule has 0 spiro atoms. The number of hydrogen-bond acceptors (Lipinski definition) is 5. The maximum absolute atomic E-state index is 12.5. The number of carbonyl (C=O) groups excluding carboxylic acids is 1. The summed E-state index contributed by atoms with van der Waals surface area (Å²) < 4.78 is 55.9. The van der Waals surface area contributed by atoms with Crippen LogP contribution in [0.4, 0.5) is 17.6 Å². The molecule has 1 aliphatic heterocycles. The molecule has 0 saturated carbocycles. The summed E-state index contributed by atoms with van der Waals surface area (Å²) in [5.41, 5.74) is 1.45. The summed E-state index contributed by atoms with van der Waals surface area (Å²) in [6.07, 6.45) is -2.59. The van der Waals surface area contributed by atoms with Gasteiger partial charge in [0.15, 0.2) is 11.6 Å². The van der Waals surface area contributed by atoms with Crippen LogP contribution in [-0.4, -0.2) is 39.9 Å². The Morgan fingerprint density at radius 3 is 2.50 bits per heavy atom. The molecule has 0 aliphatic carbocycles. The normalized spacial score (nSPS) is 14.0. The van der Waals surface area contributed by atoms with E-state index in [0.29, 0.717) is 30.2 Å². The summed E-state index contributed by atoms with van der Waals surface area (Å²) in [5.74, 6) is -2.61. The number of nitrogens with one attached hydrogen (secondary N) is 2. The van der Waals surface area contributed by atoms with Crippen molar-refractivity contribution >= 4 is 11.9 Å². The maximum atomic E-state index is 12.5. The average Bonchev–Trinajstić information content (AvgIpc) is 3.24. The molecule has 8 nitrogen and oxygen atoms in total. The molecule has 12 heteroatoms. The van der Waals surface area contributed by atoms with Crippen LogP contribution in [0.3, 0.4) is 0 Å². The van der Waals surface area contributed by atoms with Crippen LogP contribution in [0, 0.1) is 12.7 Å². The number of pyridine rings is 1. The first-order valence-corrected chi connectivity index (χ1v) is 10.9. The molecule has 0 fully saturated rings. The Balaban J connectivity index is 0.000000277. The minimum absolute atomic E-state index is 0.0932. The summed E-state index contributed by atoms with van der Waals surface area (Å²) in [6.45, 7) is 6.11. The predicted molar refractivity (Wildman–Crippen MR) is 121 cm³/mol. The minimum atomic E-state index is -4.85. The molecule has 0 radical (unpaired) electrons. The number of ether oxygens (including phenoxy) is 2. The second kappa shape index (κ2) is 12.6. The first kappa shape index (κ1) is 28.1. The molecule has 0 bridgehead atoms. The number of carboxylic acids is 1. The number of amides is 1. The molecule has 4 rings (SSSR count). The summed E-state index contributed by atoms with van der Waals surface area (Å²) >= 11 is 0. The standard InChI is InChI=1S/C15H15N3O4.C7H4F4O.C2H6/c1-8-9(15(20)21)7-11(17-8)14(19)18-10-4-6-22-12-3-2-5-16-13(10)12;8-5-3-1-2-4-6(5)12-7(9,10)11;1-2/h2-3,5,7,10,17H,4,6H2,1H3,(H,18,19)(H,20,21);1-4H;1-2H3. The molecular weight excluding hydrogens is 486 g/mol. The fourth-order valence-corrected chi connectivity index (χ4v) is 3.14. The Bertz CT molecular complexity index is 1180. The number of H-pyrrole nitrogens is 1. The van der Waals surface area contributed by atoms with Gasteiger partial charge in [0.2, 0.25) is 0 Å². The number of aryl methyl sites for hydroxylation is 1. The lowest BCUT2D eigenvalue weighted by molar-refractivity contribution is -0.275. The predicted octanol–water partition coefficient (Wildman–Crippen LogP) is 5.42. The molecule has 0 saturated heterocycles. The molecule has 3 N–H and O–H groups in total. The fraction of sp³-hybridized carbons (Fsp3) is 0.292. The van der Waals surface area contributed by atoms with Crippen molar-refractivity contribution < 1.29 is 41.7 Å². The second-order valence-electron chi connectivity index (χ2n) is 7.06. The highest BCUT2D eigenvalue weighted by Gasteiger charge is 2.32. The molecular formula is C24H25F4N3O5. The molecule has 194 valence electrons. The van der Waals surface area contributed by atoms with Gasteiger partial charge in [-0.1, -0.05) is 26.0 Å². The third-order valence-electron chi connectivity index (χ3n) is 4.65. The number of carboxylic acid groups (broad SMARTS) is 1. The van der Waals surface area contributed by atoms with Crippen molar-refractivity contribution in [1.29, 1.82) is 0 Å². The van der Waals surface area contributed by atoms with Crippen molar-refractivity contribution in [2.45, 2.75) is 39.6 Å². The van der Waals surface area contributed by atoms with Crippen molar-refractivity contribution in [3.05, 3.63) is 77.1 Å².